The maximum absolute atomic E-state index is 7.50. The molecule has 27 heavy (non-hydrogen) atoms. The van der Waals surface area contributed by atoms with Crippen LogP contribution in [-0.4, -0.2) is 0 Å². The van der Waals surface area contributed by atoms with E-state index >= 15 is 0 Å². The first-order valence-electron chi connectivity index (χ1n) is 8.27. The van der Waals surface area contributed by atoms with Gasteiger partial charge in [-0.25, -0.2) is 0 Å². The predicted octanol–water partition coefficient (Wildman–Crippen LogP) is 4.72. The van der Waals surface area contributed by atoms with E-state index in [0.717, 1.165) is 0 Å². The topological polar surface area (TPSA) is 19.9 Å². The Bertz CT molecular complexity index is 723. The maximum atomic E-state index is 7.50. The number of allylic oxidation sites excluding steroid dienone is 4. The number of hydrogen-bond acceptors (Lipinski definition) is 0. The molecule has 0 spiro atoms. The fourth-order valence-corrected chi connectivity index (χ4v) is 4.80. The Hall–Kier alpha value is -2.04. The van der Waals surface area contributed by atoms with Crippen LogP contribution < -0.4 is 15.9 Å². The molecule has 0 amide bonds. The minimum atomic E-state index is -0.446. The number of hydrogen-bond donors (Lipinski definition) is 0. The largest absolute Gasteiger partial charge is 0.0767 e. The van der Waals surface area contributed by atoms with Crippen molar-refractivity contribution in [3.8, 4) is 0 Å². The van der Waals surface area contributed by atoms with Crippen LogP contribution in [-0.2, 0) is 24.8 Å². The summed E-state index contributed by atoms with van der Waals surface area (Å²) in [6, 6.07) is 32.3. The van der Waals surface area contributed by atoms with E-state index < -0.39 is 7.92 Å². The fraction of sp³-hybridized carbons (Fsp3) is 0. The third-order valence-corrected chi connectivity index (χ3v) is 6.04. The van der Waals surface area contributed by atoms with Gasteiger partial charge in [-0.15, -0.1) is 0 Å². The van der Waals surface area contributed by atoms with Crippen LogP contribution in [0.25, 0.3) is 0 Å². The Balaban J connectivity index is 0.000000390. The molecule has 0 saturated carbocycles. The van der Waals surface area contributed by atoms with Crippen LogP contribution >= 0.6 is 7.92 Å². The van der Waals surface area contributed by atoms with Gasteiger partial charge < -0.3 is 0 Å². The van der Waals surface area contributed by atoms with E-state index in [-0.39, 0.29) is 20.1 Å². The zero-order chi connectivity index (χ0) is 18.5. The summed E-state index contributed by atoms with van der Waals surface area (Å²) in [6.45, 7) is 4.50. The first-order valence-corrected chi connectivity index (χ1v) is 9.62. The fourth-order valence-electron chi connectivity index (χ4n) is 2.50. The van der Waals surface area contributed by atoms with E-state index in [1.54, 1.807) is 0 Å². The van der Waals surface area contributed by atoms with Gasteiger partial charge in [0.1, 0.15) is 0 Å². The first-order chi connectivity index (χ1) is 12.9. The standard InChI is InChI=1S/C18H15P.C5H5.CO.Ir/c1-4-10-16(11-5-1)19(17-12-6-2-7-13-17)18-14-8-3-9-15-18;1-2-4-5-3-1;1-2;/h1-15H;1-5H;;. The van der Waals surface area contributed by atoms with Gasteiger partial charge in [0.2, 0.25) is 0 Å². The molecule has 0 atom stereocenters. The Morgan fingerprint density at radius 3 is 1.00 bits per heavy atom. The van der Waals surface area contributed by atoms with E-state index in [1.807, 2.05) is 30.7 Å². The summed E-state index contributed by atoms with van der Waals surface area (Å²) in [5, 5.41) is 4.19. The van der Waals surface area contributed by atoms with Crippen molar-refractivity contribution in [3.05, 3.63) is 128 Å². The van der Waals surface area contributed by atoms with Gasteiger partial charge in [0.05, 0.1) is 0 Å². The van der Waals surface area contributed by atoms with Crippen molar-refractivity contribution in [1.29, 1.82) is 0 Å². The summed E-state index contributed by atoms with van der Waals surface area (Å²) in [7, 11) is -0.446. The Labute approximate surface area is 176 Å². The Morgan fingerprint density at radius 1 is 0.481 bits per heavy atom. The SMILES string of the molecule is [C-]#[O+].[CH]1C=CC=C1.[Ir].c1ccc(P(c2ccccc2)c2ccccc2)cc1. The molecule has 1 nitrogen and oxygen atoms in total. The van der Waals surface area contributed by atoms with E-state index in [2.05, 4.69) is 97.6 Å². The second-order valence-corrected chi connectivity index (χ2v) is 7.52. The molecule has 0 aliphatic heterocycles. The van der Waals surface area contributed by atoms with Crippen LogP contribution in [0.3, 0.4) is 0 Å². The molecule has 4 rings (SSSR count). The van der Waals surface area contributed by atoms with Gasteiger partial charge in [0, 0.05) is 26.5 Å². The summed E-state index contributed by atoms with van der Waals surface area (Å²) >= 11 is 0. The molecule has 0 aromatic heterocycles. The maximum Gasteiger partial charge on any atom is 0.00506 e. The van der Waals surface area contributed by atoms with Crippen LogP contribution in [0.1, 0.15) is 0 Å². The summed E-state index contributed by atoms with van der Waals surface area (Å²) in [4.78, 5) is 0. The molecule has 0 heterocycles. The molecule has 3 heteroatoms. The molecule has 2 radical (unpaired) electrons. The van der Waals surface area contributed by atoms with Crippen LogP contribution in [0.5, 0.6) is 0 Å². The molecule has 3 aromatic rings. The summed E-state index contributed by atoms with van der Waals surface area (Å²) < 4.78 is 7.50. The molecule has 3 aromatic carbocycles. The average molecular weight is 548 g/mol. The summed E-state index contributed by atoms with van der Waals surface area (Å²) in [6.07, 6.45) is 10.0. The average Bonchev–Trinajstić information content (AvgIpc) is 3.33. The number of rotatable bonds is 3. The number of benzene rings is 3. The molecule has 0 N–H and O–H groups in total. The normalized spacial score (nSPS) is 10.8. The smallest absolute Gasteiger partial charge is 0.00506 e. The summed E-state index contributed by atoms with van der Waals surface area (Å²) in [5.74, 6) is 0. The van der Waals surface area contributed by atoms with Crippen molar-refractivity contribution >= 4 is 23.8 Å². The Morgan fingerprint density at radius 2 is 0.778 bits per heavy atom. The van der Waals surface area contributed by atoms with E-state index in [4.69, 9.17) is 4.65 Å². The van der Waals surface area contributed by atoms with Crippen molar-refractivity contribution < 1.29 is 24.8 Å². The van der Waals surface area contributed by atoms with E-state index in [1.165, 1.54) is 15.9 Å². The molecule has 0 saturated heterocycles. The second-order valence-electron chi connectivity index (χ2n) is 5.30. The predicted molar refractivity (Wildman–Crippen MR) is 112 cm³/mol. The molecule has 1 aliphatic carbocycles. The molecule has 0 fully saturated rings. The third-order valence-electron chi connectivity index (χ3n) is 3.60. The monoisotopic (exact) mass is 548 g/mol. The molecule has 0 unspecified atom stereocenters. The van der Waals surface area contributed by atoms with Crippen molar-refractivity contribution in [2.24, 2.45) is 0 Å². The van der Waals surface area contributed by atoms with Gasteiger partial charge in [0.15, 0.2) is 0 Å². The van der Waals surface area contributed by atoms with Gasteiger partial charge in [-0.1, -0.05) is 115 Å². The van der Waals surface area contributed by atoms with Gasteiger partial charge in [0.25, 0.3) is 0 Å². The van der Waals surface area contributed by atoms with Gasteiger partial charge in [-0.2, -0.15) is 0 Å². The molecular weight excluding hydrogens is 527 g/mol. The third kappa shape index (κ3) is 7.61. The minimum absolute atomic E-state index is 0. The van der Waals surface area contributed by atoms with Crippen molar-refractivity contribution in [2.45, 2.75) is 0 Å². The van der Waals surface area contributed by atoms with Crippen LogP contribution in [0, 0.1) is 13.1 Å². The zero-order valence-corrected chi connectivity index (χ0v) is 18.0. The quantitative estimate of drug-likeness (QED) is 0.257. The Kier molecular flexibility index (Phi) is 12.0. The molecular formula is C24H20IrOP. The van der Waals surface area contributed by atoms with Gasteiger partial charge in [-0.05, 0) is 23.8 Å². The van der Waals surface area contributed by atoms with Crippen molar-refractivity contribution in [1.82, 2.24) is 0 Å². The van der Waals surface area contributed by atoms with E-state index in [9.17, 15) is 0 Å². The molecule has 1 aliphatic rings. The van der Waals surface area contributed by atoms with Crippen molar-refractivity contribution in [3.63, 3.8) is 0 Å². The van der Waals surface area contributed by atoms with Gasteiger partial charge in [-0.3, -0.25) is 0 Å². The van der Waals surface area contributed by atoms with E-state index in [0.29, 0.717) is 0 Å². The summed E-state index contributed by atoms with van der Waals surface area (Å²) in [5.41, 5.74) is 0. The minimum Gasteiger partial charge on any atom is -0.0767 e. The van der Waals surface area contributed by atoms with Crippen LogP contribution in [0.4, 0.5) is 0 Å². The van der Waals surface area contributed by atoms with Gasteiger partial charge >= 0.3 is 11.3 Å². The molecule has 136 valence electrons. The van der Waals surface area contributed by atoms with Crippen LogP contribution in [0.2, 0.25) is 0 Å². The van der Waals surface area contributed by atoms with Crippen molar-refractivity contribution in [2.75, 3.05) is 0 Å². The van der Waals surface area contributed by atoms with Crippen LogP contribution in [0.15, 0.2) is 115 Å². The second kappa shape index (κ2) is 14.1. The molecule has 0 bridgehead atoms. The first kappa shape index (κ1) is 23.0. The zero-order valence-electron chi connectivity index (χ0n) is 14.7.